The molecule has 3 rings (SSSR count). The molecule has 1 saturated heterocycles. The molecular weight excluding hydrogens is 294 g/mol. The van der Waals surface area contributed by atoms with Crippen molar-refractivity contribution in [1.29, 1.82) is 0 Å². The lowest BCUT2D eigenvalue weighted by atomic mass is 10.2. The van der Waals surface area contributed by atoms with Crippen LogP contribution < -0.4 is 10.2 Å². The van der Waals surface area contributed by atoms with Crippen LogP contribution in [0.5, 0.6) is 0 Å². The summed E-state index contributed by atoms with van der Waals surface area (Å²) in [5.74, 6) is 2.82. The Balaban J connectivity index is 1.66. The highest BCUT2D eigenvalue weighted by atomic mass is 16.3. The first kappa shape index (κ1) is 15.3. The van der Waals surface area contributed by atoms with Crippen LogP contribution in [0.3, 0.4) is 0 Å². The molecule has 0 atom stereocenters. The third-order valence-electron chi connectivity index (χ3n) is 3.81. The molecule has 1 aliphatic rings. The van der Waals surface area contributed by atoms with Crippen LogP contribution >= 0.6 is 0 Å². The Hall–Kier alpha value is -2.57. The van der Waals surface area contributed by atoms with Crippen molar-refractivity contribution in [2.45, 2.75) is 13.8 Å². The highest BCUT2D eigenvalue weighted by Crippen LogP contribution is 2.18. The number of aryl methyl sites for hydroxylation is 1. The van der Waals surface area contributed by atoms with E-state index < -0.39 is 0 Å². The Labute approximate surface area is 135 Å². The van der Waals surface area contributed by atoms with E-state index in [2.05, 4.69) is 20.2 Å². The van der Waals surface area contributed by atoms with Crippen molar-refractivity contribution in [2.75, 3.05) is 42.9 Å². The molecule has 23 heavy (non-hydrogen) atoms. The van der Waals surface area contributed by atoms with Crippen molar-refractivity contribution in [3.8, 4) is 0 Å². The molecular formula is C16H21N5O2. The molecule has 2 aromatic rings. The summed E-state index contributed by atoms with van der Waals surface area (Å²) >= 11 is 0. The van der Waals surface area contributed by atoms with Gasteiger partial charge in [-0.2, -0.15) is 0 Å². The number of hydrogen-bond acceptors (Lipinski definition) is 6. The predicted octanol–water partition coefficient (Wildman–Crippen LogP) is 1.77. The smallest absolute Gasteiger partial charge is 0.289 e. The highest BCUT2D eigenvalue weighted by molar-refractivity contribution is 5.91. The van der Waals surface area contributed by atoms with E-state index in [1.54, 1.807) is 12.1 Å². The van der Waals surface area contributed by atoms with Crippen molar-refractivity contribution >= 4 is 17.5 Å². The monoisotopic (exact) mass is 315 g/mol. The third kappa shape index (κ3) is 3.44. The molecule has 1 fully saturated rings. The van der Waals surface area contributed by atoms with Crippen LogP contribution in [0.25, 0.3) is 0 Å². The minimum Gasteiger partial charge on any atom is -0.459 e. The van der Waals surface area contributed by atoms with E-state index >= 15 is 0 Å². The van der Waals surface area contributed by atoms with Gasteiger partial charge in [0.2, 0.25) is 0 Å². The first-order valence-electron chi connectivity index (χ1n) is 7.84. The van der Waals surface area contributed by atoms with Crippen LogP contribution in [0, 0.1) is 6.92 Å². The zero-order valence-electron chi connectivity index (χ0n) is 13.5. The molecule has 1 N–H and O–H groups in total. The molecule has 7 nitrogen and oxygen atoms in total. The summed E-state index contributed by atoms with van der Waals surface area (Å²) in [7, 11) is 0. The van der Waals surface area contributed by atoms with E-state index in [0.717, 1.165) is 37.1 Å². The zero-order chi connectivity index (χ0) is 16.2. The van der Waals surface area contributed by atoms with Crippen LogP contribution in [0.1, 0.15) is 23.3 Å². The maximum Gasteiger partial charge on any atom is 0.289 e. The number of furan rings is 1. The van der Waals surface area contributed by atoms with Gasteiger partial charge in [0, 0.05) is 38.8 Å². The number of carbonyl (C=O) groups excluding carboxylic acids is 1. The summed E-state index contributed by atoms with van der Waals surface area (Å²) in [6, 6.07) is 5.39. The first-order valence-corrected chi connectivity index (χ1v) is 7.84. The van der Waals surface area contributed by atoms with Gasteiger partial charge in [0.25, 0.3) is 5.91 Å². The Bertz CT molecular complexity index is 663. The maximum atomic E-state index is 12.3. The highest BCUT2D eigenvalue weighted by Gasteiger charge is 2.24. The molecule has 0 aromatic carbocycles. The van der Waals surface area contributed by atoms with Gasteiger partial charge in [-0.05, 0) is 26.0 Å². The number of hydrogen-bond donors (Lipinski definition) is 1. The van der Waals surface area contributed by atoms with Gasteiger partial charge in [0.15, 0.2) is 5.76 Å². The minimum absolute atomic E-state index is 0.0538. The SMILES string of the molecule is CCNc1cc(N2CCN(C(=O)c3ccco3)CC2)nc(C)n1. The van der Waals surface area contributed by atoms with Crippen LogP contribution in [-0.2, 0) is 0 Å². The fourth-order valence-corrected chi connectivity index (χ4v) is 2.68. The van der Waals surface area contributed by atoms with Crippen LogP contribution in [0.15, 0.2) is 28.9 Å². The lowest BCUT2D eigenvalue weighted by molar-refractivity contribution is 0.0714. The van der Waals surface area contributed by atoms with E-state index in [0.29, 0.717) is 18.8 Å². The second-order valence-corrected chi connectivity index (χ2v) is 5.45. The molecule has 0 spiro atoms. The summed E-state index contributed by atoms with van der Waals surface area (Å²) in [4.78, 5) is 25.2. The van der Waals surface area contributed by atoms with Crippen LogP contribution in [0.2, 0.25) is 0 Å². The van der Waals surface area contributed by atoms with Crippen LogP contribution in [0.4, 0.5) is 11.6 Å². The Kier molecular flexibility index (Phi) is 4.45. The number of piperazine rings is 1. The molecule has 0 unspecified atom stereocenters. The molecule has 2 aromatic heterocycles. The molecule has 3 heterocycles. The molecule has 122 valence electrons. The van der Waals surface area contributed by atoms with Crippen molar-refractivity contribution in [3.63, 3.8) is 0 Å². The predicted molar refractivity (Wildman–Crippen MR) is 87.8 cm³/mol. The minimum atomic E-state index is -0.0538. The average molecular weight is 315 g/mol. The quantitative estimate of drug-likeness (QED) is 0.927. The Morgan fingerprint density at radius 1 is 1.30 bits per heavy atom. The summed E-state index contributed by atoms with van der Waals surface area (Å²) < 4.78 is 5.18. The van der Waals surface area contributed by atoms with Gasteiger partial charge in [-0.3, -0.25) is 4.79 Å². The van der Waals surface area contributed by atoms with Crippen molar-refractivity contribution in [1.82, 2.24) is 14.9 Å². The van der Waals surface area contributed by atoms with Gasteiger partial charge >= 0.3 is 0 Å². The van der Waals surface area contributed by atoms with Crippen molar-refractivity contribution in [2.24, 2.45) is 0 Å². The van der Waals surface area contributed by atoms with Crippen LogP contribution in [-0.4, -0.2) is 53.5 Å². The fourth-order valence-electron chi connectivity index (χ4n) is 2.68. The average Bonchev–Trinajstić information content (AvgIpc) is 3.08. The van der Waals surface area contributed by atoms with E-state index in [1.165, 1.54) is 6.26 Å². The fraction of sp³-hybridized carbons (Fsp3) is 0.438. The summed E-state index contributed by atoms with van der Waals surface area (Å²) in [6.45, 7) is 7.54. The molecule has 1 aliphatic heterocycles. The first-order chi connectivity index (χ1) is 11.2. The summed E-state index contributed by atoms with van der Waals surface area (Å²) in [5, 5.41) is 3.22. The van der Waals surface area contributed by atoms with Gasteiger partial charge < -0.3 is 19.5 Å². The number of anilines is 2. The van der Waals surface area contributed by atoms with E-state index in [9.17, 15) is 4.79 Å². The lowest BCUT2D eigenvalue weighted by Gasteiger charge is -2.35. The van der Waals surface area contributed by atoms with E-state index in [-0.39, 0.29) is 5.91 Å². The van der Waals surface area contributed by atoms with Crippen molar-refractivity contribution in [3.05, 3.63) is 36.0 Å². The van der Waals surface area contributed by atoms with E-state index in [1.807, 2.05) is 24.8 Å². The topological polar surface area (TPSA) is 74.5 Å². The zero-order valence-corrected chi connectivity index (χ0v) is 13.5. The number of aromatic nitrogens is 2. The second kappa shape index (κ2) is 6.68. The lowest BCUT2D eigenvalue weighted by Crippen LogP contribution is -2.49. The Morgan fingerprint density at radius 3 is 2.74 bits per heavy atom. The molecule has 1 amide bonds. The maximum absolute atomic E-state index is 12.3. The van der Waals surface area contributed by atoms with Gasteiger partial charge in [-0.15, -0.1) is 0 Å². The standard InChI is InChI=1S/C16H21N5O2/c1-3-17-14-11-15(19-12(2)18-14)20-6-8-21(9-7-20)16(22)13-5-4-10-23-13/h4-5,10-11H,3,6-9H2,1-2H3,(H,17,18,19). The number of amides is 1. The number of nitrogens with zero attached hydrogens (tertiary/aromatic N) is 4. The molecule has 0 bridgehead atoms. The molecule has 0 radical (unpaired) electrons. The molecule has 7 heteroatoms. The number of nitrogens with one attached hydrogen (secondary N) is 1. The molecule has 0 aliphatic carbocycles. The van der Waals surface area contributed by atoms with Gasteiger partial charge in [-0.25, -0.2) is 9.97 Å². The summed E-state index contributed by atoms with van der Waals surface area (Å²) in [5.41, 5.74) is 0. The number of rotatable bonds is 4. The van der Waals surface area contributed by atoms with Gasteiger partial charge in [0.1, 0.15) is 17.5 Å². The second-order valence-electron chi connectivity index (χ2n) is 5.45. The van der Waals surface area contributed by atoms with Crippen molar-refractivity contribution < 1.29 is 9.21 Å². The Morgan fingerprint density at radius 2 is 2.09 bits per heavy atom. The van der Waals surface area contributed by atoms with Gasteiger partial charge in [-0.1, -0.05) is 0 Å². The largest absolute Gasteiger partial charge is 0.459 e. The molecule has 0 saturated carbocycles. The normalized spacial score (nSPS) is 14.9. The summed E-state index contributed by atoms with van der Waals surface area (Å²) in [6.07, 6.45) is 1.52. The van der Waals surface area contributed by atoms with Gasteiger partial charge in [0.05, 0.1) is 6.26 Å². The third-order valence-corrected chi connectivity index (χ3v) is 3.81. The number of carbonyl (C=O) groups is 1. The van der Waals surface area contributed by atoms with E-state index in [4.69, 9.17) is 4.42 Å².